The first kappa shape index (κ1) is 16.4. The Morgan fingerprint density at radius 1 is 1.09 bits per heavy atom. The number of rotatable bonds is 4. The predicted molar refractivity (Wildman–Crippen MR) is 85.1 cm³/mol. The molecule has 0 radical (unpaired) electrons. The number of carbonyl (C=O) groups excluding carboxylic acids is 1. The fourth-order valence-corrected chi connectivity index (χ4v) is 3.43. The number of amides is 1. The van der Waals surface area contributed by atoms with Gasteiger partial charge in [0.05, 0.1) is 0 Å². The largest absolute Gasteiger partial charge is 0.342 e. The van der Waals surface area contributed by atoms with E-state index in [1.54, 1.807) is 0 Å². The number of nitrogens with zero attached hydrogens (tertiary/aromatic N) is 2. The van der Waals surface area contributed by atoms with Crippen molar-refractivity contribution in [2.45, 2.75) is 32.2 Å². The molecule has 1 aromatic rings. The molecule has 0 spiro atoms. The molecule has 0 aromatic heterocycles. The van der Waals surface area contributed by atoms with Crippen molar-refractivity contribution in [3.8, 4) is 0 Å². The van der Waals surface area contributed by atoms with Gasteiger partial charge in [0.25, 0.3) is 0 Å². The van der Waals surface area contributed by atoms with Gasteiger partial charge in [-0.15, -0.1) is 0 Å². The molecule has 0 bridgehead atoms. The first-order valence-corrected chi connectivity index (χ1v) is 8.48. The van der Waals surface area contributed by atoms with E-state index >= 15 is 0 Å². The van der Waals surface area contributed by atoms with E-state index in [4.69, 9.17) is 0 Å². The summed E-state index contributed by atoms with van der Waals surface area (Å²) in [5.74, 6) is -1.16. The normalized spacial score (nSPS) is 26.0. The summed E-state index contributed by atoms with van der Waals surface area (Å²) in [5, 5.41) is 0. The third-order valence-corrected chi connectivity index (χ3v) is 4.85. The topological polar surface area (TPSA) is 23.6 Å². The van der Waals surface area contributed by atoms with Crippen LogP contribution in [0.15, 0.2) is 30.3 Å². The van der Waals surface area contributed by atoms with E-state index in [0.717, 1.165) is 32.5 Å². The fourth-order valence-electron chi connectivity index (χ4n) is 3.43. The molecule has 1 aliphatic carbocycles. The zero-order chi connectivity index (χ0) is 16.2. The van der Waals surface area contributed by atoms with E-state index in [0.29, 0.717) is 19.5 Å². The number of carbonyl (C=O) groups is 1. The molecule has 23 heavy (non-hydrogen) atoms. The Morgan fingerprint density at radius 3 is 2.30 bits per heavy atom. The lowest BCUT2D eigenvalue weighted by Crippen LogP contribution is -2.40. The Hall–Kier alpha value is -1.49. The Labute approximate surface area is 136 Å². The maximum absolute atomic E-state index is 12.6. The highest BCUT2D eigenvalue weighted by Gasteiger charge is 2.50. The van der Waals surface area contributed by atoms with Crippen LogP contribution >= 0.6 is 0 Å². The van der Waals surface area contributed by atoms with Crippen LogP contribution in [-0.2, 0) is 11.3 Å². The summed E-state index contributed by atoms with van der Waals surface area (Å²) in [6.07, 6.45) is -0.164. The van der Waals surface area contributed by atoms with Gasteiger partial charge >= 0.3 is 0 Å². The molecule has 3 rings (SSSR count). The smallest absolute Gasteiger partial charge is 0.242 e. The summed E-state index contributed by atoms with van der Waals surface area (Å²) in [7, 11) is 0. The van der Waals surface area contributed by atoms with Gasteiger partial charge in [-0.25, -0.2) is 8.78 Å². The molecule has 0 unspecified atom stereocenters. The van der Waals surface area contributed by atoms with Crippen molar-refractivity contribution < 1.29 is 13.6 Å². The molecule has 1 saturated heterocycles. The molecule has 1 heterocycles. The second-order valence-electron chi connectivity index (χ2n) is 6.63. The van der Waals surface area contributed by atoms with Crippen molar-refractivity contribution >= 4 is 5.91 Å². The number of alkyl halides is 2. The summed E-state index contributed by atoms with van der Waals surface area (Å²) in [4.78, 5) is 16.5. The molecule has 1 saturated carbocycles. The predicted octanol–water partition coefficient (Wildman–Crippen LogP) is 3.01. The van der Waals surface area contributed by atoms with Gasteiger partial charge in [-0.05, 0) is 24.8 Å². The van der Waals surface area contributed by atoms with E-state index in [1.807, 2.05) is 11.0 Å². The van der Waals surface area contributed by atoms with E-state index < -0.39 is 18.3 Å². The molecule has 1 aromatic carbocycles. The lowest BCUT2D eigenvalue weighted by atomic mass is 10.1. The first-order chi connectivity index (χ1) is 11.1. The van der Waals surface area contributed by atoms with Crippen LogP contribution in [0.25, 0.3) is 0 Å². The second-order valence-corrected chi connectivity index (χ2v) is 6.63. The molecule has 1 amide bonds. The molecule has 5 heteroatoms. The molecular formula is C18H24F2N2O. The van der Waals surface area contributed by atoms with Crippen molar-refractivity contribution in [3.63, 3.8) is 0 Å². The number of halogens is 2. The highest BCUT2D eigenvalue weighted by atomic mass is 19.3. The lowest BCUT2D eigenvalue weighted by Gasteiger charge is -2.30. The summed E-state index contributed by atoms with van der Waals surface area (Å²) in [5.41, 5.74) is 1.30. The zero-order valence-electron chi connectivity index (χ0n) is 13.3. The minimum absolute atomic E-state index is 0.0493. The minimum atomic E-state index is -2.35. The number of hydrogen-bond acceptors (Lipinski definition) is 2. The van der Waals surface area contributed by atoms with Crippen LogP contribution in [0.5, 0.6) is 0 Å². The van der Waals surface area contributed by atoms with Crippen LogP contribution in [0.2, 0.25) is 0 Å². The summed E-state index contributed by atoms with van der Waals surface area (Å²) < 4.78 is 25.2. The van der Waals surface area contributed by atoms with Gasteiger partial charge in [0.2, 0.25) is 12.3 Å². The van der Waals surface area contributed by atoms with Crippen molar-refractivity contribution in [1.82, 2.24) is 9.80 Å². The average molecular weight is 322 g/mol. The molecule has 126 valence electrons. The van der Waals surface area contributed by atoms with Gasteiger partial charge in [-0.1, -0.05) is 30.3 Å². The van der Waals surface area contributed by atoms with Gasteiger partial charge in [-0.3, -0.25) is 9.69 Å². The van der Waals surface area contributed by atoms with E-state index in [1.165, 1.54) is 5.56 Å². The molecule has 2 fully saturated rings. The third kappa shape index (κ3) is 4.28. The molecule has 3 nitrogen and oxygen atoms in total. The summed E-state index contributed by atoms with van der Waals surface area (Å²) >= 11 is 0. The van der Waals surface area contributed by atoms with Crippen molar-refractivity contribution in [2.75, 3.05) is 26.2 Å². The van der Waals surface area contributed by atoms with Gasteiger partial charge in [-0.2, -0.15) is 0 Å². The van der Waals surface area contributed by atoms with E-state index in [-0.39, 0.29) is 5.91 Å². The highest BCUT2D eigenvalue weighted by Crippen LogP contribution is 2.44. The molecular weight excluding hydrogens is 298 g/mol. The molecule has 0 N–H and O–H groups in total. The highest BCUT2D eigenvalue weighted by molar-refractivity contribution is 5.81. The Bertz CT molecular complexity index is 513. The van der Waals surface area contributed by atoms with E-state index in [9.17, 15) is 13.6 Å². The Kier molecular flexibility index (Phi) is 5.26. The Balaban J connectivity index is 1.47. The van der Waals surface area contributed by atoms with Crippen LogP contribution < -0.4 is 0 Å². The van der Waals surface area contributed by atoms with Gasteiger partial charge in [0, 0.05) is 44.6 Å². The minimum Gasteiger partial charge on any atom is -0.342 e. The first-order valence-electron chi connectivity index (χ1n) is 8.48. The molecule has 2 aliphatic rings. The molecule has 2 atom stereocenters. The lowest BCUT2D eigenvalue weighted by molar-refractivity contribution is -0.134. The third-order valence-electron chi connectivity index (χ3n) is 4.85. The maximum atomic E-state index is 12.6. The quantitative estimate of drug-likeness (QED) is 0.851. The van der Waals surface area contributed by atoms with Gasteiger partial charge in [0.15, 0.2) is 0 Å². The zero-order valence-corrected chi connectivity index (χ0v) is 13.3. The standard InChI is InChI=1S/C18H24F2N2O/c19-17(20)15-12-16(15)18(23)22-10-4-8-21(9-5-11-22)13-14-6-2-1-3-7-14/h1-3,6-7,15-17H,4-5,8-13H2/t15-,16-/m0/s1. The van der Waals surface area contributed by atoms with Gasteiger partial charge < -0.3 is 4.90 Å². The van der Waals surface area contributed by atoms with Crippen LogP contribution in [0.4, 0.5) is 8.78 Å². The van der Waals surface area contributed by atoms with Crippen LogP contribution in [0.1, 0.15) is 24.8 Å². The van der Waals surface area contributed by atoms with Crippen LogP contribution in [-0.4, -0.2) is 48.3 Å². The maximum Gasteiger partial charge on any atom is 0.242 e. The van der Waals surface area contributed by atoms with Crippen LogP contribution in [0.3, 0.4) is 0 Å². The Morgan fingerprint density at radius 2 is 1.74 bits per heavy atom. The summed E-state index contributed by atoms with van der Waals surface area (Å²) in [6.45, 7) is 4.21. The van der Waals surface area contributed by atoms with Gasteiger partial charge in [0.1, 0.15) is 0 Å². The number of benzene rings is 1. The second kappa shape index (κ2) is 7.39. The van der Waals surface area contributed by atoms with Crippen molar-refractivity contribution in [1.29, 1.82) is 0 Å². The summed E-state index contributed by atoms with van der Waals surface area (Å²) in [6, 6.07) is 10.4. The van der Waals surface area contributed by atoms with E-state index in [2.05, 4.69) is 29.2 Å². The fraction of sp³-hybridized carbons (Fsp3) is 0.611. The van der Waals surface area contributed by atoms with Crippen LogP contribution in [0, 0.1) is 11.8 Å². The van der Waals surface area contributed by atoms with Crippen molar-refractivity contribution in [3.05, 3.63) is 35.9 Å². The SMILES string of the molecule is O=C([C@H]1C[C@@H]1C(F)F)N1CCCN(Cc2ccccc2)CCC1. The molecule has 1 aliphatic heterocycles. The monoisotopic (exact) mass is 322 g/mol. The van der Waals surface area contributed by atoms with Crippen molar-refractivity contribution in [2.24, 2.45) is 11.8 Å². The number of hydrogen-bond donors (Lipinski definition) is 0. The average Bonchev–Trinajstić information content (AvgIpc) is 3.31.